The second-order valence-corrected chi connectivity index (χ2v) is 7.29. The van der Waals surface area contributed by atoms with E-state index in [1.807, 2.05) is 12.1 Å². The van der Waals surface area contributed by atoms with Crippen LogP contribution in [0.1, 0.15) is 31.1 Å². The van der Waals surface area contributed by atoms with Gasteiger partial charge in [-0.3, -0.25) is 0 Å². The van der Waals surface area contributed by atoms with Crippen LogP contribution in [0, 0.1) is 23.7 Å². The molecular formula is C16H16Cl2N2. The summed E-state index contributed by atoms with van der Waals surface area (Å²) in [5.74, 6) is 5.13. The summed E-state index contributed by atoms with van der Waals surface area (Å²) in [5, 5.41) is 0.737. The monoisotopic (exact) mass is 306 g/mol. The number of aromatic nitrogens is 2. The predicted molar refractivity (Wildman–Crippen MR) is 81.1 cm³/mol. The fraction of sp³-hybridized carbons (Fsp3) is 0.562. The van der Waals surface area contributed by atoms with Gasteiger partial charge in [0.05, 0.1) is 16.4 Å². The first kappa shape index (κ1) is 11.9. The minimum atomic E-state index is 0.469. The maximum absolute atomic E-state index is 6.30. The van der Waals surface area contributed by atoms with E-state index < -0.39 is 0 Å². The van der Waals surface area contributed by atoms with E-state index >= 15 is 0 Å². The molecule has 1 aromatic carbocycles. The van der Waals surface area contributed by atoms with Gasteiger partial charge in [-0.05, 0) is 55.1 Å². The normalized spacial score (nSPS) is 37.6. The molecule has 4 unspecified atom stereocenters. The number of hydrogen-bond donors (Lipinski definition) is 0. The van der Waals surface area contributed by atoms with Crippen LogP contribution in [0.3, 0.4) is 0 Å². The van der Waals surface area contributed by atoms with Crippen LogP contribution < -0.4 is 0 Å². The summed E-state index contributed by atoms with van der Waals surface area (Å²) >= 11 is 12.4. The summed E-state index contributed by atoms with van der Waals surface area (Å²) in [7, 11) is 0. The first-order chi connectivity index (χ1) is 9.79. The second kappa shape index (κ2) is 3.92. The molecule has 0 saturated heterocycles. The topological polar surface area (TPSA) is 17.8 Å². The predicted octanol–water partition coefficient (Wildman–Crippen LogP) is 4.65. The van der Waals surface area contributed by atoms with Crippen molar-refractivity contribution in [3.8, 4) is 0 Å². The summed E-state index contributed by atoms with van der Waals surface area (Å²) in [6.07, 6.45) is 4.34. The van der Waals surface area contributed by atoms with E-state index in [0.717, 1.165) is 40.0 Å². The number of fused-ring (bicyclic) bond motifs is 6. The number of rotatable bonds is 2. The number of nitrogens with zero attached hydrogens (tertiary/aromatic N) is 2. The number of halogens is 2. The highest BCUT2D eigenvalue weighted by Gasteiger charge is 2.66. The van der Waals surface area contributed by atoms with Gasteiger partial charge in [-0.15, -0.1) is 11.6 Å². The van der Waals surface area contributed by atoms with Gasteiger partial charge in [-0.25, -0.2) is 4.98 Å². The van der Waals surface area contributed by atoms with Gasteiger partial charge < -0.3 is 4.57 Å². The Hall–Kier alpha value is -0.730. The highest BCUT2D eigenvalue weighted by Crippen LogP contribution is 2.72. The Bertz CT molecular complexity index is 692. The molecular weight excluding hydrogens is 291 g/mol. The molecule has 3 aliphatic rings. The highest BCUT2D eigenvalue weighted by atomic mass is 35.5. The minimum absolute atomic E-state index is 0.469. The van der Waals surface area contributed by atoms with Gasteiger partial charge in [-0.2, -0.15) is 0 Å². The van der Waals surface area contributed by atoms with Gasteiger partial charge in [-0.1, -0.05) is 17.7 Å². The van der Waals surface area contributed by atoms with Crippen molar-refractivity contribution in [3.05, 3.63) is 29.0 Å². The molecule has 3 aliphatic carbocycles. The number of alkyl halides is 1. The zero-order valence-electron chi connectivity index (χ0n) is 11.1. The molecule has 1 aromatic heterocycles. The van der Waals surface area contributed by atoms with E-state index in [4.69, 9.17) is 23.2 Å². The number of benzene rings is 1. The third kappa shape index (κ3) is 1.35. The lowest BCUT2D eigenvalue weighted by Gasteiger charge is -2.13. The third-order valence-electron chi connectivity index (χ3n) is 5.86. The second-order valence-electron chi connectivity index (χ2n) is 6.62. The summed E-state index contributed by atoms with van der Waals surface area (Å²) < 4.78 is 2.41. The van der Waals surface area contributed by atoms with Crippen LogP contribution in [-0.2, 0) is 5.88 Å². The molecule has 0 aliphatic heterocycles. The smallest absolute Gasteiger partial charge is 0.125 e. The maximum Gasteiger partial charge on any atom is 0.125 e. The first-order valence-corrected chi connectivity index (χ1v) is 8.42. The van der Waals surface area contributed by atoms with E-state index in [9.17, 15) is 0 Å². The average Bonchev–Trinajstić information content (AvgIpc) is 2.83. The van der Waals surface area contributed by atoms with Crippen molar-refractivity contribution in [2.45, 2.75) is 31.2 Å². The van der Waals surface area contributed by atoms with Gasteiger partial charge >= 0.3 is 0 Å². The number of imidazole rings is 1. The fourth-order valence-electron chi connectivity index (χ4n) is 5.18. The molecule has 0 amide bonds. The van der Waals surface area contributed by atoms with Crippen molar-refractivity contribution in [1.29, 1.82) is 0 Å². The summed E-state index contributed by atoms with van der Waals surface area (Å²) in [6, 6.07) is 6.71. The van der Waals surface area contributed by atoms with Crippen molar-refractivity contribution in [2.24, 2.45) is 23.7 Å². The molecule has 5 rings (SSSR count). The van der Waals surface area contributed by atoms with Crippen LogP contribution in [0.25, 0.3) is 11.0 Å². The van der Waals surface area contributed by atoms with Crippen LogP contribution in [-0.4, -0.2) is 9.55 Å². The molecule has 2 bridgehead atoms. The van der Waals surface area contributed by atoms with Crippen molar-refractivity contribution in [1.82, 2.24) is 9.55 Å². The molecule has 0 spiro atoms. The SMILES string of the molecule is ClCc1nc2c(Cl)cccc2n1C1C2C3CCC(C3)C21. The molecule has 2 nitrogen and oxygen atoms in total. The summed E-state index contributed by atoms with van der Waals surface area (Å²) in [6.45, 7) is 0. The lowest BCUT2D eigenvalue weighted by Crippen LogP contribution is -2.07. The summed E-state index contributed by atoms with van der Waals surface area (Å²) in [5.41, 5.74) is 2.09. The Balaban J connectivity index is 1.68. The first-order valence-electron chi connectivity index (χ1n) is 7.51. The Labute approximate surface area is 128 Å². The molecule has 1 heterocycles. The van der Waals surface area contributed by atoms with Crippen LogP contribution in [0.2, 0.25) is 5.02 Å². The zero-order valence-corrected chi connectivity index (χ0v) is 12.6. The van der Waals surface area contributed by atoms with Gasteiger partial charge in [0.2, 0.25) is 0 Å². The molecule has 3 fully saturated rings. The molecule has 0 N–H and O–H groups in total. The van der Waals surface area contributed by atoms with Crippen LogP contribution >= 0.6 is 23.2 Å². The van der Waals surface area contributed by atoms with E-state index in [2.05, 4.69) is 15.6 Å². The van der Waals surface area contributed by atoms with Crippen molar-refractivity contribution in [3.63, 3.8) is 0 Å². The van der Waals surface area contributed by atoms with Crippen LogP contribution in [0.5, 0.6) is 0 Å². The molecule has 20 heavy (non-hydrogen) atoms. The van der Waals surface area contributed by atoms with Gasteiger partial charge in [0.25, 0.3) is 0 Å². The lowest BCUT2D eigenvalue weighted by atomic mass is 10.0. The Kier molecular flexibility index (Phi) is 2.33. The molecule has 4 heteroatoms. The largest absolute Gasteiger partial charge is 0.323 e. The van der Waals surface area contributed by atoms with Crippen LogP contribution in [0.15, 0.2) is 18.2 Å². The van der Waals surface area contributed by atoms with Gasteiger partial charge in [0.1, 0.15) is 11.3 Å². The van der Waals surface area contributed by atoms with E-state index in [-0.39, 0.29) is 0 Å². The molecule has 3 saturated carbocycles. The molecule has 2 aromatic rings. The number of para-hydroxylation sites is 1. The Morgan fingerprint density at radius 2 is 1.95 bits per heavy atom. The zero-order chi connectivity index (χ0) is 13.4. The number of hydrogen-bond acceptors (Lipinski definition) is 1. The van der Waals surface area contributed by atoms with Crippen LogP contribution in [0.4, 0.5) is 0 Å². The third-order valence-corrected chi connectivity index (χ3v) is 6.40. The Morgan fingerprint density at radius 3 is 2.65 bits per heavy atom. The van der Waals surface area contributed by atoms with Gasteiger partial charge in [0, 0.05) is 6.04 Å². The lowest BCUT2D eigenvalue weighted by molar-refractivity contribution is 0.454. The maximum atomic E-state index is 6.30. The molecule has 104 valence electrons. The van der Waals surface area contributed by atoms with Gasteiger partial charge in [0.15, 0.2) is 0 Å². The highest BCUT2D eigenvalue weighted by molar-refractivity contribution is 6.35. The molecule has 0 radical (unpaired) electrons. The van der Waals surface area contributed by atoms with E-state index in [1.165, 1.54) is 24.8 Å². The quantitative estimate of drug-likeness (QED) is 0.739. The van der Waals surface area contributed by atoms with Crippen molar-refractivity contribution < 1.29 is 0 Å². The molecule has 4 atom stereocenters. The minimum Gasteiger partial charge on any atom is -0.323 e. The summed E-state index contributed by atoms with van der Waals surface area (Å²) in [4.78, 5) is 4.69. The van der Waals surface area contributed by atoms with E-state index in [0.29, 0.717) is 11.9 Å². The van der Waals surface area contributed by atoms with E-state index in [1.54, 1.807) is 0 Å². The van der Waals surface area contributed by atoms with Crippen molar-refractivity contribution >= 4 is 34.2 Å². The Morgan fingerprint density at radius 1 is 1.20 bits per heavy atom. The average molecular weight is 307 g/mol. The van der Waals surface area contributed by atoms with Crippen molar-refractivity contribution in [2.75, 3.05) is 0 Å². The fourth-order valence-corrected chi connectivity index (χ4v) is 5.58. The standard InChI is InChI=1S/C16H16Cl2N2/c17-7-12-19-15-10(18)2-1-3-11(15)20(12)16-13-8-4-5-9(6-8)14(13)16/h1-3,8-9,13-14,16H,4-7H2.